The first kappa shape index (κ1) is 12.2. The van der Waals surface area contributed by atoms with E-state index in [0.29, 0.717) is 11.4 Å². The predicted molar refractivity (Wildman–Crippen MR) is 80.6 cm³/mol. The molecule has 3 aromatic rings. The Bertz CT molecular complexity index is 711. The Kier molecular flexibility index (Phi) is 3.33. The number of pyridine rings is 1. The normalized spacial score (nSPS) is 10.2. The summed E-state index contributed by atoms with van der Waals surface area (Å²) >= 11 is 0. The minimum absolute atomic E-state index is 0.523. The number of hydrogen-bond donors (Lipinski definition) is 1. The van der Waals surface area contributed by atoms with Crippen LogP contribution in [0.3, 0.4) is 0 Å². The van der Waals surface area contributed by atoms with Gasteiger partial charge in [-0.15, -0.1) is 0 Å². The van der Waals surface area contributed by atoms with Gasteiger partial charge in [-0.25, -0.2) is 0 Å². The van der Waals surface area contributed by atoms with Gasteiger partial charge in [0.1, 0.15) is 5.75 Å². The Morgan fingerprint density at radius 2 is 1.55 bits per heavy atom. The molecule has 0 spiro atoms. The fourth-order valence-corrected chi connectivity index (χ4v) is 2.02. The highest BCUT2D eigenvalue weighted by Crippen LogP contribution is 2.34. The van der Waals surface area contributed by atoms with E-state index in [1.807, 2.05) is 42.5 Å². The molecule has 0 atom stereocenters. The molecule has 0 amide bonds. The van der Waals surface area contributed by atoms with Crippen LogP contribution in [0.25, 0.3) is 11.1 Å². The van der Waals surface area contributed by atoms with Gasteiger partial charge < -0.3 is 10.5 Å². The summed E-state index contributed by atoms with van der Waals surface area (Å²) in [5.41, 5.74) is 8.53. The van der Waals surface area contributed by atoms with Crippen LogP contribution >= 0.6 is 0 Å². The lowest BCUT2D eigenvalue weighted by Gasteiger charge is -2.12. The van der Waals surface area contributed by atoms with Crippen molar-refractivity contribution in [2.45, 2.75) is 0 Å². The quantitative estimate of drug-likeness (QED) is 0.772. The van der Waals surface area contributed by atoms with Crippen LogP contribution in [0.4, 0.5) is 5.69 Å². The Balaban J connectivity index is 2.01. The van der Waals surface area contributed by atoms with Crippen LogP contribution in [0.1, 0.15) is 0 Å². The molecule has 0 unspecified atom stereocenters. The van der Waals surface area contributed by atoms with Crippen LogP contribution in [0.2, 0.25) is 0 Å². The van der Waals surface area contributed by atoms with Crippen molar-refractivity contribution in [2.75, 3.05) is 5.73 Å². The molecule has 3 rings (SSSR count). The molecule has 20 heavy (non-hydrogen) atoms. The largest absolute Gasteiger partial charge is 0.454 e. The van der Waals surface area contributed by atoms with E-state index >= 15 is 0 Å². The van der Waals surface area contributed by atoms with E-state index in [1.165, 1.54) is 0 Å². The summed E-state index contributed by atoms with van der Waals surface area (Å²) in [6.45, 7) is 0. The summed E-state index contributed by atoms with van der Waals surface area (Å²) < 4.78 is 5.93. The third-order valence-corrected chi connectivity index (χ3v) is 3.00. The van der Waals surface area contributed by atoms with Crippen molar-refractivity contribution in [3.63, 3.8) is 0 Å². The second kappa shape index (κ2) is 5.45. The van der Waals surface area contributed by atoms with Crippen LogP contribution in [0.5, 0.6) is 11.5 Å². The number of nitrogen functional groups attached to an aromatic ring is 1. The smallest absolute Gasteiger partial charge is 0.153 e. The molecule has 3 nitrogen and oxygen atoms in total. The molecule has 0 aliphatic carbocycles. The summed E-state index contributed by atoms with van der Waals surface area (Å²) in [6.07, 6.45) is 3.25. The Hall–Kier alpha value is -2.81. The van der Waals surface area contributed by atoms with Gasteiger partial charge in [0.15, 0.2) is 5.75 Å². The van der Waals surface area contributed by atoms with E-state index in [1.54, 1.807) is 18.5 Å². The SMILES string of the molecule is Nc1cnccc1Oc1ccccc1-c1ccccc1. The second-order valence-corrected chi connectivity index (χ2v) is 4.38. The van der Waals surface area contributed by atoms with Gasteiger partial charge in [0, 0.05) is 17.8 Å². The summed E-state index contributed by atoms with van der Waals surface area (Å²) in [5.74, 6) is 1.39. The second-order valence-electron chi connectivity index (χ2n) is 4.38. The number of nitrogens with zero attached hydrogens (tertiary/aromatic N) is 1. The molecule has 0 aliphatic rings. The average molecular weight is 262 g/mol. The van der Waals surface area contributed by atoms with E-state index in [2.05, 4.69) is 17.1 Å². The molecule has 0 saturated carbocycles. The zero-order valence-electron chi connectivity index (χ0n) is 10.9. The number of benzene rings is 2. The van der Waals surface area contributed by atoms with E-state index in [4.69, 9.17) is 10.5 Å². The number of para-hydroxylation sites is 1. The van der Waals surface area contributed by atoms with Gasteiger partial charge in [0.25, 0.3) is 0 Å². The first-order valence-electron chi connectivity index (χ1n) is 6.36. The zero-order chi connectivity index (χ0) is 13.8. The van der Waals surface area contributed by atoms with Crippen molar-refractivity contribution in [3.05, 3.63) is 73.1 Å². The van der Waals surface area contributed by atoms with E-state index in [0.717, 1.165) is 16.9 Å². The van der Waals surface area contributed by atoms with Crippen molar-refractivity contribution in [1.82, 2.24) is 4.98 Å². The van der Waals surface area contributed by atoms with Gasteiger partial charge >= 0.3 is 0 Å². The molecule has 0 fully saturated rings. The van der Waals surface area contributed by atoms with E-state index < -0.39 is 0 Å². The van der Waals surface area contributed by atoms with Crippen LogP contribution in [-0.4, -0.2) is 4.98 Å². The van der Waals surface area contributed by atoms with Gasteiger partial charge in [-0.05, 0) is 11.6 Å². The van der Waals surface area contributed by atoms with E-state index in [-0.39, 0.29) is 0 Å². The van der Waals surface area contributed by atoms with E-state index in [9.17, 15) is 0 Å². The minimum Gasteiger partial charge on any atom is -0.454 e. The van der Waals surface area contributed by atoms with Crippen LogP contribution in [0.15, 0.2) is 73.1 Å². The molecule has 2 aromatic carbocycles. The molecule has 3 heteroatoms. The van der Waals surface area contributed by atoms with Crippen LogP contribution < -0.4 is 10.5 Å². The number of rotatable bonds is 3. The molecule has 1 aromatic heterocycles. The van der Waals surface area contributed by atoms with Crippen molar-refractivity contribution >= 4 is 5.69 Å². The summed E-state index contributed by atoms with van der Waals surface area (Å²) in [4.78, 5) is 3.96. The molecule has 1 heterocycles. The third-order valence-electron chi connectivity index (χ3n) is 3.00. The molecule has 0 saturated heterocycles. The molecule has 98 valence electrons. The molecular weight excluding hydrogens is 248 g/mol. The van der Waals surface area contributed by atoms with Crippen molar-refractivity contribution < 1.29 is 4.74 Å². The number of nitrogens with two attached hydrogens (primary N) is 1. The van der Waals surface area contributed by atoms with Gasteiger partial charge in [-0.1, -0.05) is 48.5 Å². The average Bonchev–Trinajstić information content (AvgIpc) is 2.51. The molecule has 0 aliphatic heterocycles. The number of aromatic nitrogens is 1. The fourth-order valence-electron chi connectivity index (χ4n) is 2.02. The zero-order valence-corrected chi connectivity index (χ0v) is 10.9. The maximum absolute atomic E-state index is 5.93. The monoisotopic (exact) mass is 262 g/mol. The topological polar surface area (TPSA) is 48.1 Å². The van der Waals surface area contributed by atoms with Gasteiger partial charge in [0.05, 0.1) is 11.9 Å². The highest BCUT2D eigenvalue weighted by Gasteiger charge is 2.08. The lowest BCUT2D eigenvalue weighted by molar-refractivity contribution is 0.486. The molecular formula is C17H14N2O. The summed E-state index contributed by atoms with van der Waals surface area (Å²) in [7, 11) is 0. The Morgan fingerprint density at radius 1 is 0.800 bits per heavy atom. The number of anilines is 1. The highest BCUT2D eigenvalue weighted by atomic mass is 16.5. The minimum atomic E-state index is 0.523. The Morgan fingerprint density at radius 3 is 2.35 bits per heavy atom. The summed E-state index contributed by atoms with van der Waals surface area (Å²) in [6, 6.07) is 19.8. The standard InChI is InChI=1S/C17H14N2O/c18-15-12-19-11-10-17(15)20-16-9-5-4-8-14(16)13-6-2-1-3-7-13/h1-12H,18H2. The van der Waals surface area contributed by atoms with Gasteiger partial charge in [0.2, 0.25) is 0 Å². The van der Waals surface area contributed by atoms with Gasteiger partial charge in [-0.2, -0.15) is 0 Å². The van der Waals surface area contributed by atoms with Crippen LogP contribution in [-0.2, 0) is 0 Å². The lowest BCUT2D eigenvalue weighted by atomic mass is 10.1. The highest BCUT2D eigenvalue weighted by molar-refractivity contribution is 5.71. The van der Waals surface area contributed by atoms with Crippen molar-refractivity contribution in [3.8, 4) is 22.6 Å². The number of hydrogen-bond acceptors (Lipinski definition) is 3. The fraction of sp³-hybridized carbons (Fsp3) is 0. The third kappa shape index (κ3) is 2.47. The molecule has 0 bridgehead atoms. The summed E-state index contributed by atoms with van der Waals surface area (Å²) in [5, 5.41) is 0. The first-order chi connectivity index (χ1) is 9.84. The molecule has 2 N–H and O–H groups in total. The lowest BCUT2D eigenvalue weighted by Crippen LogP contribution is -1.94. The molecule has 0 radical (unpaired) electrons. The predicted octanol–water partition coefficient (Wildman–Crippen LogP) is 4.12. The van der Waals surface area contributed by atoms with Gasteiger partial charge in [-0.3, -0.25) is 4.98 Å². The maximum atomic E-state index is 5.93. The first-order valence-corrected chi connectivity index (χ1v) is 6.36. The maximum Gasteiger partial charge on any atom is 0.153 e. The van der Waals surface area contributed by atoms with Crippen LogP contribution in [0, 0.1) is 0 Å². The van der Waals surface area contributed by atoms with Crippen molar-refractivity contribution in [1.29, 1.82) is 0 Å². The van der Waals surface area contributed by atoms with Crippen molar-refractivity contribution in [2.24, 2.45) is 0 Å². The number of ether oxygens (including phenoxy) is 1. The Labute approximate surface area is 117 Å².